The van der Waals surface area contributed by atoms with Crippen molar-refractivity contribution in [1.82, 2.24) is 20.5 Å². The minimum Gasteiger partial charge on any atom is -0.444 e. The fourth-order valence-electron chi connectivity index (χ4n) is 3.72. The van der Waals surface area contributed by atoms with Crippen LogP contribution in [0, 0.1) is 0 Å². The first-order valence-electron chi connectivity index (χ1n) is 10.8. The highest BCUT2D eigenvalue weighted by Crippen LogP contribution is 2.24. The summed E-state index contributed by atoms with van der Waals surface area (Å²) in [6, 6.07) is 9.73. The summed E-state index contributed by atoms with van der Waals surface area (Å²) >= 11 is 1.53. The van der Waals surface area contributed by atoms with E-state index in [2.05, 4.69) is 20.5 Å². The highest BCUT2D eigenvalue weighted by atomic mass is 32.1. The van der Waals surface area contributed by atoms with Crippen molar-refractivity contribution in [3.05, 3.63) is 52.5 Å². The van der Waals surface area contributed by atoms with E-state index in [1.165, 1.54) is 11.3 Å². The molecule has 2 unspecified atom stereocenters. The molecule has 8 heteroatoms. The number of nitrogens with zero attached hydrogens (tertiary/aromatic N) is 2. The summed E-state index contributed by atoms with van der Waals surface area (Å²) in [5.74, 6) is -0.0479. The Morgan fingerprint density at radius 2 is 2.03 bits per heavy atom. The van der Waals surface area contributed by atoms with E-state index in [-0.39, 0.29) is 24.5 Å². The molecule has 1 aliphatic rings. The predicted molar refractivity (Wildman–Crippen MR) is 122 cm³/mol. The van der Waals surface area contributed by atoms with Crippen LogP contribution in [0.3, 0.4) is 0 Å². The minimum absolute atomic E-state index is 0.0479. The second-order valence-electron chi connectivity index (χ2n) is 8.78. The molecular formula is C23H32N4O3S. The molecule has 0 saturated carbocycles. The van der Waals surface area contributed by atoms with Crippen molar-refractivity contribution in [2.24, 2.45) is 0 Å². The first-order valence-corrected chi connectivity index (χ1v) is 11.6. The number of piperidine rings is 1. The zero-order valence-corrected chi connectivity index (χ0v) is 19.3. The Labute approximate surface area is 188 Å². The first-order chi connectivity index (χ1) is 14.8. The predicted octanol–water partition coefficient (Wildman–Crippen LogP) is 3.73. The van der Waals surface area contributed by atoms with Gasteiger partial charge in [-0.2, -0.15) is 0 Å². The van der Waals surface area contributed by atoms with Gasteiger partial charge in [-0.25, -0.2) is 9.78 Å². The molecule has 0 radical (unpaired) electrons. The molecule has 7 nitrogen and oxygen atoms in total. The molecule has 1 aromatic carbocycles. The van der Waals surface area contributed by atoms with Gasteiger partial charge in [0.25, 0.3) is 0 Å². The molecule has 1 fully saturated rings. The third-order valence-corrected chi connectivity index (χ3v) is 5.95. The third-order valence-electron chi connectivity index (χ3n) is 5.11. The lowest BCUT2D eigenvalue weighted by Gasteiger charge is -2.35. The van der Waals surface area contributed by atoms with Crippen molar-refractivity contribution < 1.29 is 14.3 Å². The van der Waals surface area contributed by atoms with Crippen LogP contribution in [0.1, 0.15) is 56.6 Å². The van der Waals surface area contributed by atoms with Crippen molar-refractivity contribution in [1.29, 1.82) is 0 Å². The van der Waals surface area contributed by atoms with Gasteiger partial charge < -0.3 is 15.4 Å². The largest absolute Gasteiger partial charge is 0.444 e. The third kappa shape index (κ3) is 7.33. The number of alkyl carbamates (subject to hydrolysis) is 1. The average molecular weight is 445 g/mol. The van der Waals surface area contributed by atoms with Crippen LogP contribution < -0.4 is 10.6 Å². The highest BCUT2D eigenvalue weighted by molar-refractivity contribution is 7.09. The molecule has 3 rings (SSSR count). The number of carbonyl (C=O) groups excluding carboxylic acids is 2. The topological polar surface area (TPSA) is 83.6 Å². The number of likely N-dealkylation sites (tertiary alicyclic amines) is 1. The van der Waals surface area contributed by atoms with E-state index in [0.29, 0.717) is 6.54 Å². The molecule has 0 aliphatic carbocycles. The van der Waals surface area contributed by atoms with Crippen molar-refractivity contribution in [2.75, 3.05) is 19.6 Å². The van der Waals surface area contributed by atoms with Gasteiger partial charge in [0.05, 0.1) is 6.54 Å². The van der Waals surface area contributed by atoms with Gasteiger partial charge in [0, 0.05) is 24.2 Å². The van der Waals surface area contributed by atoms with Crippen LogP contribution in [0.25, 0.3) is 0 Å². The Kier molecular flexibility index (Phi) is 8.03. The maximum atomic E-state index is 13.0. The number of rotatable bonds is 7. The zero-order valence-electron chi connectivity index (χ0n) is 18.5. The van der Waals surface area contributed by atoms with Gasteiger partial charge in [-0.1, -0.05) is 36.8 Å². The van der Waals surface area contributed by atoms with E-state index in [0.717, 1.165) is 36.4 Å². The monoisotopic (exact) mass is 444 g/mol. The molecule has 168 valence electrons. The van der Waals surface area contributed by atoms with Gasteiger partial charge in [0.2, 0.25) is 5.91 Å². The van der Waals surface area contributed by atoms with Gasteiger partial charge in [-0.05, 0) is 45.7 Å². The Balaban J connectivity index is 1.59. The Bertz CT molecular complexity index is 836. The number of thiazole rings is 1. The van der Waals surface area contributed by atoms with Crippen molar-refractivity contribution in [3.63, 3.8) is 0 Å². The highest BCUT2D eigenvalue weighted by Gasteiger charge is 2.27. The number of hydrogen-bond acceptors (Lipinski definition) is 6. The second kappa shape index (κ2) is 10.7. The summed E-state index contributed by atoms with van der Waals surface area (Å²) in [5, 5.41) is 8.79. The summed E-state index contributed by atoms with van der Waals surface area (Å²) < 4.78 is 5.33. The molecule has 2 atom stereocenters. The lowest BCUT2D eigenvalue weighted by molar-refractivity contribution is -0.123. The fraction of sp³-hybridized carbons (Fsp3) is 0.522. The Morgan fingerprint density at radius 3 is 2.71 bits per heavy atom. The summed E-state index contributed by atoms with van der Waals surface area (Å²) in [5.41, 5.74) is 0.478. The van der Waals surface area contributed by atoms with Crippen LogP contribution in [0.15, 0.2) is 41.9 Å². The van der Waals surface area contributed by atoms with Crippen molar-refractivity contribution in [3.8, 4) is 0 Å². The molecule has 31 heavy (non-hydrogen) atoms. The van der Waals surface area contributed by atoms with E-state index in [1.807, 2.05) is 56.5 Å². The molecule has 2 heterocycles. The number of aromatic nitrogens is 1. The molecule has 1 saturated heterocycles. The van der Waals surface area contributed by atoms with E-state index in [1.54, 1.807) is 6.20 Å². The minimum atomic E-state index is -0.529. The number of carbonyl (C=O) groups is 2. The quantitative estimate of drug-likeness (QED) is 0.680. The normalized spacial score (nSPS) is 18.2. The zero-order chi connectivity index (χ0) is 22.3. The Hall–Kier alpha value is -2.45. The molecule has 1 aliphatic heterocycles. The van der Waals surface area contributed by atoms with Crippen LogP contribution in [0.2, 0.25) is 0 Å². The van der Waals surface area contributed by atoms with E-state index < -0.39 is 11.7 Å². The van der Waals surface area contributed by atoms with Gasteiger partial charge in [-0.15, -0.1) is 11.3 Å². The van der Waals surface area contributed by atoms with Gasteiger partial charge in [0.1, 0.15) is 16.7 Å². The van der Waals surface area contributed by atoms with Crippen LogP contribution >= 0.6 is 11.3 Å². The van der Waals surface area contributed by atoms with Crippen LogP contribution in [-0.2, 0) is 9.53 Å². The number of nitrogens with one attached hydrogen (secondary N) is 2. The van der Waals surface area contributed by atoms with Crippen LogP contribution in [0.5, 0.6) is 0 Å². The lowest BCUT2D eigenvalue weighted by atomic mass is 10.0. The number of ether oxygens (including phenoxy) is 1. The number of benzene rings is 1. The maximum absolute atomic E-state index is 13.0. The molecule has 0 spiro atoms. The second-order valence-corrected chi connectivity index (χ2v) is 9.71. The number of amides is 2. The smallest absolute Gasteiger partial charge is 0.407 e. The Morgan fingerprint density at radius 1 is 1.26 bits per heavy atom. The van der Waals surface area contributed by atoms with Crippen molar-refractivity contribution >= 4 is 23.3 Å². The average Bonchev–Trinajstić information content (AvgIpc) is 3.25. The fourth-order valence-corrected chi connectivity index (χ4v) is 4.43. The standard InChI is InChI=1S/C23H32N4O3S/c1-23(2,3)30-22(29)25-15-18-11-7-8-13-27(18)16-19(28)26-20(21-24-12-14-31-21)17-9-5-4-6-10-17/h4-6,9-10,12,14,18,20H,7-8,11,13,15-16H2,1-3H3,(H,25,29)(H,26,28). The van der Waals surface area contributed by atoms with E-state index in [4.69, 9.17) is 4.74 Å². The van der Waals surface area contributed by atoms with Crippen LogP contribution in [0.4, 0.5) is 4.79 Å². The van der Waals surface area contributed by atoms with Gasteiger partial charge in [-0.3, -0.25) is 9.69 Å². The summed E-state index contributed by atoms with van der Waals surface area (Å²) in [6.07, 6.45) is 4.41. The SMILES string of the molecule is CC(C)(C)OC(=O)NCC1CCCCN1CC(=O)NC(c1ccccc1)c1nccs1. The first kappa shape index (κ1) is 23.2. The summed E-state index contributed by atoms with van der Waals surface area (Å²) in [6.45, 7) is 7.12. The molecule has 2 N–H and O–H groups in total. The number of hydrogen-bond donors (Lipinski definition) is 2. The van der Waals surface area contributed by atoms with Crippen molar-refractivity contribution in [2.45, 2.75) is 57.7 Å². The molecule has 2 amide bonds. The molecule has 1 aromatic heterocycles. The van der Waals surface area contributed by atoms with E-state index in [9.17, 15) is 9.59 Å². The molecule has 0 bridgehead atoms. The van der Waals surface area contributed by atoms with E-state index >= 15 is 0 Å². The maximum Gasteiger partial charge on any atom is 0.407 e. The summed E-state index contributed by atoms with van der Waals surface area (Å²) in [7, 11) is 0. The van der Waals surface area contributed by atoms with Crippen LogP contribution in [-0.4, -0.2) is 53.2 Å². The molecular weight excluding hydrogens is 412 g/mol. The summed E-state index contributed by atoms with van der Waals surface area (Å²) in [4.78, 5) is 31.6. The van der Waals surface area contributed by atoms with Gasteiger partial charge >= 0.3 is 6.09 Å². The molecule has 2 aromatic rings. The lowest BCUT2D eigenvalue weighted by Crippen LogP contribution is -2.51. The van der Waals surface area contributed by atoms with Gasteiger partial charge in [0.15, 0.2) is 0 Å².